The minimum Gasteiger partial charge on any atom is -0.221 e. The molecule has 0 aromatic carbocycles. The third kappa shape index (κ3) is 1.92. The van der Waals surface area contributed by atoms with Gasteiger partial charge in [0.25, 0.3) is 5.95 Å². The summed E-state index contributed by atoms with van der Waals surface area (Å²) in [6, 6.07) is 1.82. The zero-order valence-electron chi connectivity index (χ0n) is 9.53. The standard InChI is InChI=1S/C11H9BrN6/c1-8-5-15-18(7-8)10-9(12)6-13-11(16-10)17-4-2-3-14-17/h2-7H,1H3. The van der Waals surface area contributed by atoms with Crippen LogP contribution < -0.4 is 0 Å². The van der Waals surface area contributed by atoms with Gasteiger partial charge in [-0.25, -0.2) is 14.3 Å². The third-order valence-corrected chi connectivity index (χ3v) is 2.91. The summed E-state index contributed by atoms with van der Waals surface area (Å²) in [6.45, 7) is 1.98. The maximum absolute atomic E-state index is 4.44. The summed E-state index contributed by atoms with van der Waals surface area (Å²) >= 11 is 3.42. The van der Waals surface area contributed by atoms with Gasteiger partial charge in [0.05, 0.1) is 10.7 Å². The summed E-state index contributed by atoms with van der Waals surface area (Å²) in [5, 5.41) is 8.34. The first kappa shape index (κ1) is 11.1. The lowest BCUT2D eigenvalue weighted by Crippen LogP contribution is -2.07. The molecule has 0 bridgehead atoms. The number of hydrogen-bond acceptors (Lipinski definition) is 4. The molecule has 0 aliphatic heterocycles. The SMILES string of the molecule is Cc1cnn(-c2nc(-n3cccn3)ncc2Br)c1. The number of rotatable bonds is 2. The first-order valence-electron chi connectivity index (χ1n) is 5.28. The maximum atomic E-state index is 4.44. The molecule has 3 aromatic heterocycles. The molecule has 0 unspecified atom stereocenters. The molecule has 0 aliphatic carbocycles. The number of hydrogen-bond donors (Lipinski definition) is 0. The molecular formula is C11H9BrN6. The first-order valence-corrected chi connectivity index (χ1v) is 6.07. The predicted octanol–water partition coefficient (Wildman–Crippen LogP) is 1.92. The second kappa shape index (κ2) is 4.34. The summed E-state index contributed by atoms with van der Waals surface area (Å²) < 4.78 is 4.09. The van der Waals surface area contributed by atoms with Crippen LogP contribution in [0.2, 0.25) is 0 Å². The van der Waals surface area contributed by atoms with Crippen molar-refractivity contribution in [2.45, 2.75) is 6.92 Å². The van der Waals surface area contributed by atoms with Crippen LogP contribution in [0, 0.1) is 6.92 Å². The van der Waals surface area contributed by atoms with Gasteiger partial charge in [0.2, 0.25) is 0 Å². The van der Waals surface area contributed by atoms with Gasteiger partial charge in [-0.15, -0.1) is 0 Å². The fourth-order valence-corrected chi connectivity index (χ4v) is 1.91. The molecule has 3 heterocycles. The largest absolute Gasteiger partial charge is 0.252 e. The molecular weight excluding hydrogens is 296 g/mol. The molecule has 3 rings (SSSR count). The molecule has 0 N–H and O–H groups in total. The van der Waals surface area contributed by atoms with E-state index in [1.54, 1.807) is 34.2 Å². The second-order valence-corrected chi connectivity index (χ2v) is 4.61. The minimum absolute atomic E-state index is 0.506. The van der Waals surface area contributed by atoms with Gasteiger partial charge in [-0.05, 0) is 34.5 Å². The Morgan fingerprint density at radius 2 is 2.06 bits per heavy atom. The monoisotopic (exact) mass is 304 g/mol. The lowest BCUT2D eigenvalue weighted by Gasteiger charge is -2.05. The van der Waals surface area contributed by atoms with Crippen LogP contribution in [0.25, 0.3) is 11.8 Å². The first-order chi connectivity index (χ1) is 8.74. The van der Waals surface area contributed by atoms with Crippen molar-refractivity contribution in [3.05, 3.63) is 47.1 Å². The van der Waals surface area contributed by atoms with E-state index < -0.39 is 0 Å². The minimum atomic E-state index is 0.506. The van der Waals surface area contributed by atoms with Crippen molar-refractivity contribution in [1.82, 2.24) is 29.5 Å². The third-order valence-electron chi connectivity index (χ3n) is 2.35. The number of halogens is 1. The summed E-state index contributed by atoms with van der Waals surface area (Å²) in [4.78, 5) is 8.66. The molecule has 0 saturated heterocycles. The Hall–Kier alpha value is -2.02. The van der Waals surface area contributed by atoms with Gasteiger partial charge < -0.3 is 0 Å². The van der Waals surface area contributed by atoms with Crippen molar-refractivity contribution in [3.63, 3.8) is 0 Å². The van der Waals surface area contributed by atoms with Crippen LogP contribution in [0.3, 0.4) is 0 Å². The summed E-state index contributed by atoms with van der Waals surface area (Å²) in [5.74, 6) is 1.19. The molecule has 6 nitrogen and oxygen atoms in total. The average Bonchev–Trinajstić information content (AvgIpc) is 3.01. The van der Waals surface area contributed by atoms with Crippen LogP contribution in [0.15, 0.2) is 41.5 Å². The Kier molecular flexibility index (Phi) is 2.67. The smallest absolute Gasteiger partial charge is 0.221 e. The fourth-order valence-electron chi connectivity index (χ4n) is 1.54. The van der Waals surface area contributed by atoms with Crippen LogP contribution >= 0.6 is 15.9 Å². The molecule has 0 amide bonds. The highest BCUT2D eigenvalue weighted by atomic mass is 79.9. The van der Waals surface area contributed by atoms with Gasteiger partial charge in [0, 0.05) is 24.8 Å². The molecule has 0 aliphatic rings. The Labute approximate surface area is 111 Å². The van der Waals surface area contributed by atoms with Crippen molar-refractivity contribution in [2.75, 3.05) is 0 Å². The fraction of sp³-hybridized carbons (Fsp3) is 0.0909. The van der Waals surface area contributed by atoms with Gasteiger partial charge in [-0.1, -0.05) is 0 Å². The molecule has 0 atom stereocenters. The van der Waals surface area contributed by atoms with Gasteiger partial charge in [-0.2, -0.15) is 15.2 Å². The van der Waals surface area contributed by atoms with Gasteiger partial charge in [0.1, 0.15) is 0 Å². The highest BCUT2D eigenvalue weighted by Gasteiger charge is 2.09. The topological polar surface area (TPSA) is 61.4 Å². The molecule has 0 fully saturated rings. The Balaban J connectivity index is 2.12. The van der Waals surface area contributed by atoms with Crippen LogP contribution in [-0.4, -0.2) is 29.5 Å². The summed E-state index contributed by atoms with van der Waals surface area (Å²) in [7, 11) is 0. The van der Waals surface area contributed by atoms with E-state index in [2.05, 4.69) is 36.1 Å². The van der Waals surface area contributed by atoms with E-state index in [1.165, 1.54) is 0 Å². The van der Waals surface area contributed by atoms with E-state index in [9.17, 15) is 0 Å². The van der Waals surface area contributed by atoms with Crippen LogP contribution in [0.5, 0.6) is 0 Å². The van der Waals surface area contributed by atoms with Crippen molar-refractivity contribution < 1.29 is 0 Å². The summed E-state index contributed by atoms with van der Waals surface area (Å²) in [5.41, 5.74) is 1.07. The molecule has 7 heteroatoms. The Bertz CT molecular complexity index is 673. The lowest BCUT2D eigenvalue weighted by molar-refractivity contribution is 0.770. The number of aryl methyl sites for hydroxylation is 1. The molecule has 3 aromatic rings. The normalized spacial score (nSPS) is 10.8. The lowest BCUT2D eigenvalue weighted by atomic mass is 10.4. The van der Waals surface area contributed by atoms with Gasteiger partial charge >= 0.3 is 0 Å². The van der Waals surface area contributed by atoms with Crippen molar-refractivity contribution in [2.24, 2.45) is 0 Å². The molecule has 0 saturated carbocycles. The Morgan fingerprint density at radius 1 is 1.17 bits per heavy atom. The van der Waals surface area contributed by atoms with Crippen LogP contribution in [0.4, 0.5) is 0 Å². The van der Waals surface area contributed by atoms with Crippen LogP contribution in [-0.2, 0) is 0 Å². The maximum Gasteiger partial charge on any atom is 0.252 e. The number of nitrogens with zero attached hydrogens (tertiary/aromatic N) is 6. The second-order valence-electron chi connectivity index (χ2n) is 3.75. The zero-order valence-corrected chi connectivity index (χ0v) is 11.1. The van der Waals surface area contributed by atoms with E-state index in [-0.39, 0.29) is 0 Å². The number of aromatic nitrogens is 6. The Morgan fingerprint density at radius 3 is 2.72 bits per heavy atom. The van der Waals surface area contributed by atoms with Crippen LogP contribution in [0.1, 0.15) is 5.56 Å². The van der Waals surface area contributed by atoms with E-state index in [4.69, 9.17) is 0 Å². The van der Waals surface area contributed by atoms with Gasteiger partial charge in [0.15, 0.2) is 5.82 Å². The van der Waals surface area contributed by atoms with E-state index in [0.717, 1.165) is 10.0 Å². The predicted molar refractivity (Wildman–Crippen MR) is 68.7 cm³/mol. The molecule has 0 radical (unpaired) electrons. The summed E-state index contributed by atoms with van der Waals surface area (Å²) in [6.07, 6.45) is 8.85. The highest BCUT2D eigenvalue weighted by molar-refractivity contribution is 9.10. The van der Waals surface area contributed by atoms with Gasteiger partial charge in [-0.3, -0.25) is 0 Å². The average molecular weight is 305 g/mol. The quantitative estimate of drug-likeness (QED) is 0.725. The zero-order chi connectivity index (χ0) is 12.5. The highest BCUT2D eigenvalue weighted by Crippen LogP contribution is 2.18. The molecule has 18 heavy (non-hydrogen) atoms. The van der Waals surface area contributed by atoms with E-state index in [0.29, 0.717) is 11.8 Å². The molecule has 0 spiro atoms. The van der Waals surface area contributed by atoms with Crippen molar-refractivity contribution in [1.29, 1.82) is 0 Å². The van der Waals surface area contributed by atoms with E-state index in [1.807, 2.05) is 19.2 Å². The molecule has 90 valence electrons. The van der Waals surface area contributed by atoms with Crippen molar-refractivity contribution in [3.8, 4) is 11.8 Å². The van der Waals surface area contributed by atoms with E-state index >= 15 is 0 Å². The van der Waals surface area contributed by atoms with Crippen molar-refractivity contribution >= 4 is 15.9 Å².